The van der Waals surface area contributed by atoms with Crippen molar-refractivity contribution in [3.63, 3.8) is 0 Å². The Morgan fingerprint density at radius 3 is 3.09 bits per heavy atom. The third-order valence-electron chi connectivity index (χ3n) is 3.71. The minimum absolute atomic E-state index is 0.0402. The van der Waals surface area contributed by atoms with Gasteiger partial charge in [0.2, 0.25) is 0 Å². The standard InChI is InChI=1S/C17H17N3O2S/c18-11-12(10-13-4-3-9-22-13)17(21)19-8-7-16-20-14-5-1-2-6-15(14)23-16/h3-4,9-10H,1-2,5-8H2,(H,19,21). The van der Waals surface area contributed by atoms with E-state index in [-0.39, 0.29) is 11.5 Å². The lowest BCUT2D eigenvalue weighted by atomic mass is 10.0. The first-order valence-corrected chi connectivity index (χ1v) is 8.49. The number of furan rings is 1. The van der Waals surface area contributed by atoms with Gasteiger partial charge in [-0.2, -0.15) is 5.26 Å². The summed E-state index contributed by atoms with van der Waals surface area (Å²) in [6.45, 7) is 0.475. The molecule has 1 amide bonds. The molecule has 0 atom stereocenters. The summed E-state index contributed by atoms with van der Waals surface area (Å²) in [5, 5.41) is 12.9. The molecule has 1 aliphatic carbocycles. The SMILES string of the molecule is N#CC(=Cc1ccco1)C(=O)NCCc1nc2c(s1)CCCC2. The Labute approximate surface area is 138 Å². The molecular weight excluding hydrogens is 310 g/mol. The van der Waals surface area contributed by atoms with Gasteiger partial charge in [-0.1, -0.05) is 0 Å². The fourth-order valence-corrected chi connectivity index (χ4v) is 3.71. The van der Waals surface area contributed by atoms with Gasteiger partial charge in [-0.05, 0) is 37.8 Å². The molecule has 0 aromatic carbocycles. The first kappa shape index (κ1) is 15.5. The summed E-state index contributed by atoms with van der Waals surface area (Å²) >= 11 is 1.75. The van der Waals surface area contributed by atoms with Crippen molar-refractivity contribution in [2.24, 2.45) is 0 Å². The molecule has 0 saturated carbocycles. The van der Waals surface area contributed by atoms with Crippen molar-refractivity contribution in [3.05, 3.63) is 45.3 Å². The van der Waals surface area contributed by atoms with Crippen LogP contribution in [0, 0.1) is 11.3 Å². The van der Waals surface area contributed by atoms with Gasteiger partial charge in [0, 0.05) is 23.9 Å². The van der Waals surface area contributed by atoms with Crippen LogP contribution in [0.4, 0.5) is 0 Å². The lowest BCUT2D eigenvalue weighted by Gasteiger charge is -2.06. The molecule has 23 heavy (non-hydrogen) atoms. The van der Waals surface area contributed by atoms with Crippen molar-refractivity contribution in [2.45, 2.75) is 32.1 Å². The maximum absolute atomic E-state index is 12.0. The molecule has 2 aromatic heterocycles. The Morgan fingerprint density at radius 1 is 1.48 bits per heavy atom. The zero-order chi connectivity index (χ0) is 16.1. The van der Waals surface area contributed by atoms with E-state index in [0.29, 0.717) is 18.7 Å². The van der Waals surface area contributed by atoms with E-state index in [1.807, 2.05) is 6.07 Å². The molecule has 0 bridgehead atoms. The second-order valence-electron chi connectivity index (χ2n) is 5.38. The third kappa shape index (κ3) is 3.88. The number of hydrogen-bond donors (Lipinski definition) is 1. The number of aromatic nitrogens is 1. The summed E-state index contributed by atoms with van der Waals surface area (Å²) in [4.78, 5) is 18.1. The molecule has 0 saturated heterocycles. The average Bonchev–Trinajstić information content (AvgIpc) is 3.21. The quantitative estimate of drug-likeness (QED) is 0.676. The summed E-state index contributed by atoms with van der Waals surface area (Å²) in [6, 6.07) is 5.31. The van der Waals surface area contributed by atoms with E-state index >= 15 is 0 Å². The molecule has 2 heterocycles. The maximum atomic E-state index is 12.0. The zero-order valence-electron chi connectivity index (χ0n) is 12.7. The average molecular weight is 327 g/mol. The first-order chi connectivity index (χ1) is 11.3. The fraction of sp³-hybridized carbons (Fsp3) is 0.353. The van der Waals surface area contributed by atoms with Gasteiger partial charge in [0.1, 0.15) is 17.4 Å². The van der Waals surface area contributed by atoms with Crippen LogP contribution in [0.25, 0.3) is 6.08 Å². The van der Waals surface area contributed by atoms with Crippen molar-refractivity contribution in [1.82, 2.24) is 10.3 Å². The number of carbonyl (C=O) groups is 1. The van der Waals surface area contributed by atoms with E-state index in [9.17, 15) is 4.79 Å². The predicted molar refractivity (Wildman–Crippen MR) is 87.8 cm³/mol. The van der Waals surface area contributed by atoms with E-state index in [1.54, 1.807) is 23.5 Å². The van der Waals surface area contributed by atoms with Gasteiger partial charge in [-0.15, -0.1) is 11.3 Å². The molecule has 6 heteroatoms. The number of thiazole rings is 1. The minimum Gasteiger partial charge on any atom is -0.465 e. The molecule has 3 rings (SSSR count). The maximum Gasteiger partial charge on any atom is 0.262 e. The van der Waals surface area contributed by atoms with Gasteiger partial charge in [-0.25, -0.2) is 4.98 Å². The molecular formula is C17H17N3O2S. The largest absolute Gasteiger partial charge is 0.465 e. The van der Waals surface area contributed by atoms with Crippen LogP contribution in [0.3, 0.4) is 0 Å². The molecule has 0 fully saturated rings. The summed E-state index contributed by atoms with van der Waals surface area (Å²) in [6.07, 6.45) is 8.31. The van der Waals surface area contributed by atoms with Crippen LogP contribution in [0.1, 0.15) is 34.2 Å². The topological polar surface area (TPSA) is 78.9 Å². The monoisotopic (exact) mass is 327 g/mol. The van der Waals surface area contributed by atoms with Crippen LogP contribution >= 0.6 is 11.3 Å². The Morgan fingerprint density at radius 2 is 2.35 bits per heavy atom. The summed E-state index contributed by atoms with van der Waals surface area (Å²) < 4.78 is 5.12. The van der Waals surface area contributed by atoms with E-state index in [0.717, 1.165) is 17.8 Å². The Bertz CT molecular complexity index is 730. The van der Waals surface area contributed by atoms with Crippen molar-refractivity contribution in [3.8, 4) is 6.07 Å². The number of rotatable bonds is 5. The van der Waals surface area contributed by atoms with Crippen molar-refractivity contribution in [1.29, 1.82) is 5.26 Å². The highest BCUT2D eigenvalue weighted by Crippen LogP contribution is 2.26. The van der Waals surface area contributed by atoms with Crippen molar-refractivity contribution >= 4 is 23.3 Å². The van der Waals surface area contributed by atoms with Crippen LogP contribution in [-0.2, 0) is 24.1 Å². The molecule has 2 aromatic rings. The number of amides is 1. The Kier molecular flexibility index (Phi) is 4.89. The lowest BCUT2D eigenvalue weighted by molar-refractivity contribution is -0.117. The second-order valence-corrected chi connectivity index (χ2v) is 6.54. The first-order valence-electron chi connectivity index (χ1n) is 7.67. The number of nitriles is 1. The molecule has 5 nitrogen and oxygen atoms in total. The van der Waals surface area contributed by atoms with Crippen molar-refractivity contribution in [2.75, 3.05) is 6.54 Å². The Hall–Kier alpha value is -2.39. The lowest BCUT2D eigenvalue weighted by Crippen LogP contribution is -2.26. The molecule has 1 N–H and O–H groups in total. The van der Waals surface area contributed by atoms with Gasteiger partial charge in [0.25, 0.3) is 5.91 Å². The normalized spacial score (nSPS) is 14.1. The smallest absolute Gasteiger partial charge is 0.262 e. The highest BCUT2D eigenvalue weighted by molar-refractivity contribution is 7.11. The van der Waals surface area contributed by atoms with E-state index in [2.05, 4.69) is 10.3 Å². The van der Waals surface area contributed by atoms with Crippen LogP contribution in [0.15, 0.2) is 28.4 Å². The highest BCUT2D eigenvalue weighted by Gasteiger charge is 2.15. The molecule has 1 aliphatic rings. The van der Waals surface area contributed by atoms with Gasteiger partial charge < -0.3 is 9.73 Å². The zero-order valence-corrected chi connectivity index (χ0v) is 13.5. The van der Waals surface area contributed by atoms with Crippen LogP contribution in [0.2, 0.25) is 0 Å². The number of fused-ring (bicyclic) bond motifs is 1. The summed E-state index contributed by atoms with van der Waals surface area (Å²) in [7, 11) is 0. The second kappa shape index (κ2) is 7.25. The summed E-state index contributed by atoms with van der Waals surface area (Å²) in [5.74, 6) is 0.106. The number of hydrogen-bond acceptors (Lipinski definition) is 5. The van der Waals surface area contributed by atoms with Gasteiger partial charge in [-0.3, -0.25) is 4.79 Å². The Balaban J connectivity index is 1.54. The molecule has 0 radical (unpaired) electrons. The number of carbonyl (C=O) groups excluding carboxylic acids is 1. The molecule has 0 aliphatic heterocycles. The number of nitrogens with one attached hydrogen (secondary N) is 1. The van der Waals surface area contributed by atoms with E-state index in [4.69, 9.17) is 9.68 Å². The fourth-order valence-electron chi connectivity index (χ4n) is 2.55. The third-order valence-corrected chi connectivity index (χ3v) is 4.93. The number of nitrogens with zero attached hydrogens (tertiary/aromatic N) is 2. The van der Waals surface area contributed by atoms with Gasteiger partial charge in [0.15, 0.2) is 0 Å². The van der Waals surface area contributed by atoms with Gasteiger partial charge >= 0.3 is 0 Å². The van der Waals surface area contributed by atoms with Crippen molar-refractivity contribution < 1.29 is 9.21 Å². The van der Waals surface area contributed by atoms with Crippen LogP contribution in [-0.4, -0.2) is 17.4 Å². The predicted octanol–water partition coefficient (Wildman–Crippen LogP) is 2.88. The molecule has 0 unspecified atom stereocenters. The van der Waals surface area contributed by atoms with E-state index in [1.165, 1.54) is 35.8 Å². The van der Waals surface area contributed by atoms with Crippen LogP contribution in [0.5, 0.6) is 0 Å². The minimum atomic E-state index is -0.384. The molecule has 0 spiro atoms. The number of aryl methyl sites for hydroxylation is 2. The molecule has 118 valence electrons. The summed E-state index contributed by atoms with van der Waals surface area (Å²) in [5.41, 5.74) is 1.27. The van der Waals surface area contributed by atoms with Gasteiger partial charge in [0.05, 0.1) is 17.0 Å². The van der Waals surface area contributed by atoms with Crippen LogP contribution < -0.4 is 5.32 Å². The van der Waals surface area contributed by atoms with E-state index < -0.39 is 0 Å². The highest BCUT2D eigenvalue weighted by atomic mass is 32.1.